The Hall–Kier alpha value is -0.910. The molecule has 1 N–H and O–H groups in total. The first-order chi connectivity index (χ1) is 6.65. The van der Waals surface area contributed by atoms with E-state index in [-0.39, 0.29) is 6.04 Å². The summed E-state index contributed by atoms with van der Waals surface area (Å²) in [6.45, 7) is 1.92. The Balaban J connectivity index is 2.77. The van der Waals surface area contributed by atoms with Crippen LogP contribution >= 0.6 is 23.2 Å². The number of hydrogen-bond donors (Lipinski definition) is 1. The summed E-state index contributed by atoms with van der Waals surface area (Å²) in [4.78, 5) is 0. The number of nitrogens with zero attached hydrogens (tertiary/aromatic N) is 1. The Bertz CT molecular complexity index is 358. The lowest BCUT2D eigenvalue weighted by atomic mass is 10.2. The molecule has 1 aromatic carbocycles. The van der Waals surface area contributed by atoms with Crippen molar-refractivity contribution in [3.8, 4) is 6.07 Å². The summed E-state index contributed by atoms with van der Waals surface area (Å²) in [5, 5.41) is 12.6. The third-order valence-corrected chi connectivity index (χ3v) is 2.57. The van der Waals surface area contributed by atoms with Gasteiger partial charge in [-0.2, -0.15) is 5.26 Å². The Morgan fingerprint density at radius 2 is 2.21 bits per heavy atom. The molecule has 0 aliphatic heterocycles. The van der Waals surface area contributed by atoms with Gasteiger partial charge >= 0.3 is 0 Å². The van der Waals surface area contributed by atoms with E-state index in [0.29, 0.717) is 16.5 Å². The van der Waals surface area contributed by atoms with Gasteiger partial charge in [0, 0.05) is 6.04 Å². The number of anilines is 1. The van der Waals surface area contributed by atoms with Gasteiger partial charge in [-0.1, -0.05) is 29.3 Å². The molecule has 0 aliphatic carbocycles. The van der Waals surface area contributed by atoms with Crippen molar-refractivity contribution >= 4 is 28.9 Å². The minimum atomic E-state index is 0.0657. The summed E-state index contributed by atoms with van der Waals surface area (Å²) in [5.74, 6) is 0. The average molecular weight is 229 g/mol. The molecule has 0 fully saturated rings. The lowest BCUT2D eigenvalue weighted by Gasteiger charge is -2.13. The highest BCUT2D eigenvalue weighted by molar-refractivity contribution is 6.43. The zero-order valence-corrected chi connectivity index (χ0v) is 9.23. The number of rotatable bonds is 3. The molecule has 4 heteroatoms. The van der Waals surface area contributed by atoms with Crippen LogP contribution in [0.5, 0.6) is 0 Å². The van der Waals surface area contributed by atoms with E-state index < -0.39 is 0 Å². The quantitative estimate of drug-likeness (QED) is 0.857. The summed E-state index contributed by atoms with van der Waals surface area (Å²) in [5.41, 5.74) is 0.766. The van der Waals surface area contributed by atoms with Crippen LogP contribution < -0.4 is 5.32 Å². The van der Waals surface area contributed by atoms with Crippen LogP contribution in [0.25, 0.3) is 0 Å². The Labute approximate surface area is 93.4 Å². The van der Waals surface area contributed by atoms with Gasteiger partial charge in [0.25, 0.3) is 0 Å². The van der Waals surface area contributed by atoms with Gasteiger partial charge in [0.2, 0.25) is 0 Å². The SMILES string of the molecule is CC(CC#N)Nc1cccc(Cl)c1Cl. The number of halogens is 2. The van der Waals surface area contributed by atoms with Gasteiger partial charge in [-0.3, -0.25) is 0 Å². The van der Waals surface area contributed by atoms with Crippen LogP contribution in [-0.2, 0) is 0 Å². The highest BCUT2D eigenvalue weighted by Gasteiger charge is 2.06. The minimum absolute atomic E-state index is 0.0657. The van der Waals surface area contributed by atoms with Gasteiger partial charge in [0.05, 0.1) is 28.2 Å². The van der Waals surface area contributed by atoms with Crippen LogP contribution in [0.4, 0.5) is 5.69 Å². The van der Waals surface area contributed by atoms with Crippen molar-refractivity contribution in [2.75, 3.05) is 5.32 Å². The summed E-state index contributed by atoms with van der Waals surface area (Å²) in [7, 11) is 0. The van der Waals surface area contributed by atoms with Crippen LogP contribution in [-0.4, -0.2) is 6.04 Å². The number of nitriles is 1. The zero-order chi connectivity index (χ0) is 10.6. The van der Waals surface area contributed by atoms with E-state index in [0.717, 1.165) is 5.69 Å². The molecule has 1 unspecified atom stereocenters. The van der Waals surface area contributed by atoms with Crippen molar-refractivity contribution in [3.05, 3.63) is 28.2 Å². The molecule has 0 spiro atoms. The number of benzene rings is 1. The van der Waals surface area contributed by atoms with Gasteiger partial charge in [-0.25, -0.2) is 0 Å². The second kappa shape index (κ2) is 5.09. The number of hydrogen-bond acceptors (Lipinski definition) is 2. The van der Waals surface area contributed by atoms with Crippen LogP contribution in [0.2, 0.25) is 10.0 Å². The molecule has 1 rings (SSSR count). The molecule has 0 aromatic heterocycles. The summed E-state index contributed by atoms with van der Waals surface area (Å²) in [6, 6.07) is 7.53. The predicted molar refractivity (Wildman–Crippen MR) is 59.8 cm³/mol. The minimum Gasteiger partial charge on any atom is -0.380 e. The predicted octanol–water partition coefficient (Wildman–Crippen LogP) is 3.71. The van der Waals surface area contributed by atoms with Crippen molar-refractivity contribution in [2.24, 2.45) is 0 Å². The summed E-state index contributed by atoms with van der Waals surface area (Å²) < 4.78 is 0. The van der Waals surface area contributed by atoms with Crippen molar-refractivity contribution in [1.82, 2.24) is 0 Å². The zero-order valence-electron chi connectivity index (χ0n) is 7.72. The normalized spacial score (nSPS) is 11.9. The van der Waals surface area contributed by atoms with Crippen molar-refractivity contribution in [2.45, 2.75) is 19.4 Å². The largest absolute Gasteiger partial charge is 0.380 e. The van der Waals surface area contributed by atoms with Crippen molar-refractivity contribution < 1.29 is 0 Å². The molecule has 74 valence electrons. The molecular weight excluding hydrogens is 219 g/mol. The highest BCUT2D eigenvalue weighted by atomic mass is 35.5. The van der Waals surface area contributed by atoms with Gasteiger partial charge in [0.15, 0.2) is 0 Å². The second-order valence-corrected chi connectivity index (χ2v) is 3.79. The molecule has 0 aliphatic rings. The Kier molecular flexibility index (Phi) is 4.06. The molecule has 0 bridgehead atoms. The van der Waals surface area contributed by atoms with E-state index >= 15 is 0 Å². The average Bonchev–Trinajstić information content (AvgIpc) is 2.13. The van der Waals surface area contributed by atoms with Crippen LogP contribution in [0.3, 0.4) is 0 Å². The van der Waals surface area contributed by atoms with E-state index in [1.807, 2.05) is 19.1 Å². The fourth-order valence-corrected chi connectivity index (χ4v) is 1.42. The van der Waals surface area contributed by atoms with E-state index in [4.69, 9.17) is 28.5 Å². The highest BCUT2D eigenvalue weighted by Crippen LogP contribution is 2.29. The maximum absolute atomic E-state index is 8.49. The van der Waals surface area contributed by atoms with Gasteiger partial charge in [0.1, 0.15) is 0 Å². The Morgan fingerprint density at radius 3 is 2.86 bits per heavy atom. The van der Waals surface area contributed by atoms with Gasteiger partial charge in [-0.05, 0) is 19.1 Å². The molecule has 1 atom stereocenters. The van der Waals surface area contributed by atoms with Crippen LogP contribution in [0, 0.1) is 11.3 Å². The topological polar surface area (TPSA) is 35.8 Å². The lowest BCUT2D eigenvalue weighted by molar-refractivity contribution is 0.821. The molecule has 0 amide bonds. The monoisotopic (exact) mass is 228 g/mol. The summed E-state index contributed by atoms with van der Waals surface area (Å²) in [6.07, 6.45) is 0.433. The fourth-order valence-electron chi connectivity index (χ4n) is 1.07. The first-order valence-electron chi connectivity index (χ1n) is 4.22. The Morgan fingerprint density at radius 1 is 1.50 bits per heavy atom. The maximum Gasteiger partial charge on any atom is 0.0823 e. The third-order valence-electron chi connectivity index (χ3n) is 1.75. The molecule has 0 saturated carbocycles. The number of nitrogens with one attached hydrogen (secondary N) is 1. The smallest absolute Gasteiger partial charge is 0.0823 e. The maximum atomic E-state index is 8.49. The second-order valence-electron chi connectivity index (χ2n) is 3.01. The van der Waals surface area contributed by atoms with Gasteiger partial charge < -0.3 is 5.32 Å². The van der Waals surface area contributed by atoms with E-state index in [9.17, 15) is 0 Å². The fraction of sp³-hybridized carbons (Fsp3) is 0.300. The van der Waals surface area contributed by atoms with E-state index in [2.05, 4.69) is 11.4 Å². The summed E-state index contributed by atoms with van der Waals surface area (Å²) >= 11 is 11.8. The molecule has 0 saturated heterocycles. The molecule has 0 radical (unpaired) electrons. The van der Waals surface area contributed by atoms with E-state index in [1.165, 1.54) is 0 Å². The first kappa shape index (κ1) is 11.2. The van der Waals surface area contributed by atoms with Crippen molar-refractivity contribution in [1.29, 1.82) is 5.26 Å². The van der Waals surface area contributed by atoms with E-state index in [1.54, 1.807) is 6.07 Å². The molecular formula is C10H10Cl2N2. The van der Waals surface area contributed by atoms with Gasteiger partial charge in [-0.15, -0.1) is 0 Å². The lowest BCUT2D eigenvalue weighted by Crippen LogP contribution is -2.14. The molecule has 2 nitrogen and oxygen atoms in total. The van der Waals surface area contributed by atoms with Crippen molar-refractivity contribution in [3.63, 3.8) is 0 Å². The standard InChI is InChI=1S/C10H10Cl2N2/c1-7(5-6-13)14-9-4-2-3-8(11)10(9)12/h2-4,7,14H,5H2,1H3. The molecule has 0 heterocycles. The van der Waals surface area contributed by atoms with Crippen LogP contribution in [0.15, 0.2) is 18.2 Å². The molecule has 14 heavy (non-hydrogen) atoms. The first-order valence-corrected chi connectivity index (χ1v) is 4.98. The van der Waals surface area contributed by atoms with Crippen LogP contribution in [0.1, 0.15) is 13.3 Å². The molecule has 1 aromatic rings. The third kappa shape index (κ3) is 2.80.